The van der Waals surface area contributed by atoms with Crippen molar-refractivity contribution in [2.75, 3.05) is 20.2 Å². The van der Waals surface area contributed by atoms with Gasteiger partial charge in [0, 0.05) is 0 Å². The number of likely N-dealkylation sites (tertiary alicyclic amines) is 1. The van der Waals surface area contributed by atoms with Crippen LogP contribution in [0.3, 0.4) is 0 Å². The molecule has 3 nitrogen and oxygen atoms in total. The zero-order valence-electron chi connectivity index (χ0n) is 9.45. The highest BCUT2D eigenvalue weighted by Gasteiger charge is 2.30. The zero-order valence-corrected chi connectivity index (χ0v) is 9.45. The van der Waals surface area contributed by atoms with Crippen LogP contribution in [-0.4, -0.2) is 37.1 Å². The van der Waals surface area contributed by atoms with E-state index in [4.69, 9.17) is 4.74 Å². The number of piperidine rings is 1. The normalized spacial score (nSPS) is 20.9. The van der Waals surface area contributed by atoms with Gasteiger partial charge in [0.25, 0.3) is 0 Å². The smallest absolute Gasteiger partial charge is 0.323 e. The Hall–Kier alpha value is -0.570. The molecule has 1 rings (SSSR count). The molecule has 1 saturated heterocycles. The second kappa shape index (κ2) is 5.35. The third-order valence-electron chi connectivity index (χ3n) is 2.86. The first kappa shape index (κ1) is 11.5. The van der Waals surface area contributed by atoms with Gasteiger partial charge in [0.1, 0.15) is 6.04 Å². The number of carbonyl (C=O) groups is 1. The standard InChI is InChI=1S/C11H21NO2/c1-9(2)10(11(13)14-3)12-7-5-4-6-8-12/h9-10H,4-8H2,1-3H3/t10-/m0/s1. The highest BCUT2D eigenvalue weighted by molar-refractivity contribution is 5.75. The van der Waals surface area contributed by atoms with Gasteiger partial charge in [0.05, 0.1) is 7.11 Å². The van der Waals surface area contributed by atoms with Crippen molar-refractivity contribution in [2.24, 2.45) is 5.92 Å². The lowest BCUT2D eigenvalue weighted by Gasteiger charge is -2.34. The Bertz CT molecular complexity index is 186. The molecule has 0 bridgehead atoms. The van der Waals surface area contributed by atoms with Crippen LogP contribution in [0.4, 0.5) is 0 Å². The van der Waals surface area contributed by atoms with Crippen molar-refractivity contribution in [2.45, 2.75) is 39.2 Å². The number of methoxy groups -OCH3 is 1. The molecular formula is C11H21NO2. The molecule has 0 aromatic rings. The molecule has 1 aliphatic heterocycles. The average molecular weight is 199 g/mol. The molecule has 0 aromatic heterocycles. The van der Waals surface area contributed by atoms with E-state index in [0.29, 0.717) is 5.92 Å². The van der Waals surface area contributed by atoms with E-state index in [2.05, 4.69) is 18.7 Å². The highest BCUT2D eigenvalue weighted by Crippen LogP contribution is 2.18. The molecular weight excluding hydrogens is 178 g/mol. The predicted octanol–water partition coefficient (Wildman–Crippen LogP) is 1.67. The molecule has 0 N–H and O–H groups in total. The molecule has 0 radical (unpaired) electrons. The van der Waals surface area contributed by atoms with Crippen LogP contribution in [0.1, 0.15) is 33.1 Å². The Kier molecular flexibility index (Phi) is 4.39. The molecule has 0 saturated carbocycles. The number of rotatable bonds is 3. The number of carbonyl (C=O) groups excluding carboxylic acids is 1. The maximum atomic E-state index is 11.6. The fourth-order valence-electron chi connectivity index (χ4n) is 2.16. The summed E-state index contributed by atoms with van der Waals surface area (Å²) in [7, 11) is 1.47. The van der Waals surface area contributed by atoms with E-state index < -0.39 is 0 Å². The molecule has 1 heterocycles. The van der Waals surface area contributed by atoms with Crippen LogP contribution in [0.2, 0.25) is 0 Å². The summed E-state index contributed by atoms with van der Waals surface area (Å²) in [5.74, 6) is 0.252. The second-order valence-electron chi connectivity index (χ2n) is 4.31. The van der Waals surface area contributed by atoms with Gasteiger partial charge < -0.3 is 4.74 Å². The molecule has 1 fully saturated rings. The summed E-state index contributed by atoms with van der Waals surface area (Å²) in [4.78, 5) is 13.9. The Morgan fingerprint density at radius 3 is 2.21 bits per heavy atom. The van der Waals surface area contributed by atoms with Gasteiger partial charge in [-0.3, -0.25) is 9.69 Å². The monoisotopic (exact) mass is 199 g/mol. The molecule has 1 atom stereocenters. The Morgan fingerprint density at radius 1 is 1.21 bits per heavy atom. The van der Waals surface area contributed by atoms with Crippen LogP contribution < -0.4 is 0 Å². The van der Waals surface area contributed by atoms with Crippen molar-refractivity contribution in [1.82, 2.24) is 4.90 Å². The van der Waals surface area contributed by atoms with E-state index in [1.165, 1.54) is 26.4 Å². The first-order valence-corrected chi connectivity index (χ1v) is 5.48. The topological polar surface area (TPSA) is 29.5 Å². The first-order valence-electron chi connectivity index (χ1n) is 5.48. The lowest BCUT2D eigenvalue weighted by Crippen LogP contribution is -2.47. The fraction of sp³-hybridized carbons (Fsp3) is 0.909. The van der Waals surface area contributed by atoms with Crippen LogP contribution in [0, 0.1) is 5.92 Å². The zero-order chi connectivity index (χ0) is 10.6. The summed E-state index contributed by atoms with van der Waals surface area (Å²) >= 11 is 0. The van der Waals surface area contributed by atoms with Gasteiger partial charge >= 0.3 is 5.97 Å². The first-order chi connectivity index (χ1) is 6.66. The Balaban J connectivity index is 2.60. The highest BCUT2D eigenvalue weighted by atomic mass is 16.5. The molecule has 0 unspecified atom stereocenters. The van der Waals surface area contributed by atoms with Crippen LogP contribution in [0.5, 0.6) is 0 Å². The molecule has 0 amide bonds. The van der Waals surface area contributed by atoms with Crippen LogP contribution in [-0.2, 0) is 9.53 Å². The Labute approximate surface area is 86.4 Å². The van der Waals surface area contributed by atoms with E-state index in [1.54, 1.807) is 0 Å². The van der Waals surface area contributed by atoms with E-state index in [1.807, 2.05) is 0 Å². The number of esters is 1. The molecule has 0 aliphatic carbocycles. The summed E-state index contributed by atoms with van der Waals surface area (Å²) in [6, 6.07) is -0.0414. The van der Waals surface area contributed by atoms with Gasteiger partial charge in [-0.05, 0) is 31.8 Å². The van der Waals surface area contributed by atoms with E-state index in [9.17, 15) is 4.79 Å². The van der Waals surface area contributed by atoms with E-state index in [0.717, 1.165) is 13.1 Å². The van der Waals surface area contributed by atoms with Gasteiger partial charge in [0.15, 0.2) is 0 Å². The summed E-state index contributed by atoms with van der Waals surface area (Å²) in [5, 5.41) is 0. The minimum absolute atomic E-state index is 0.0414. The van der Waals surface area contributed by atoms with Gasteiger partial charge in [-0.25, -0.2) is 0 Å². The van der Waals surface area contributed by atoms with Crippen molar-refractivity contribution in [1.29, 1.82) is 0 Å². The van der Waals surface area contributed by atoms with Crippen molar-refractivity contribution < 1.29 is 9.53 Å². The van der Waals surface area contributed by atoms with Crippen LogP contribution in [0.15, 0.2) is 0 Å². The van der Waals surface area contributed by atoms with Crippen molar-refractivity contribution in [3.8, 4) is 0 Å². The van der Waals surface area contributed by atoms with Crippen molar-refractivity contribution >= 4 is 5.97 Å². The fourth-order valence-corrected chi connectivity index (χ4v) is 2.16. The number of hydrogen-bond donors (Lipinski definition) is 0. The predicted molar refractivity (Wildman–Crippen MR) is 56.1 cm³/mol. The maximum absolute atomic E-state index is 11.6. The summed E-state index contributed by atoms with van der Waals surface area (Å²) in [5.41, 5.74) is 0. The lowest BCUT2D eigenvalue weighted by molar-refractivity contribution is -0.149. The summed E-state index contributed by atoms with van der Waals surface area (Å²) in [6.45, 7) is 6.24. The quantitative estimate of drug-likeness (QED) is 0.648. The maximum Gasteiger partial charge on any atom is 0.323 e. The third-order valence-corrected chi connectivity index (χ3v) is 2.86. The van der Waals surface area contributed by atoms with Gasteiger partial charge in [-0.2, -0.15) is 0 Å². The second-order valence-corrected chi connectivity index (χ2v) is 4.31. The Morgan fingerprint density at radius 2 is 1.79 bits per heavy atom. The minimum Gasteiger partial charge on any atom is -0.468 e. The van der Waals surface area contributed by atoms with E-state index >= 15 is 0 Å². The minimum atomic E-state index is -0.0816. The summed E-state index contributed by atoms with van der Waals surface area (Å²) in [6.07, 6.45) is 3.71. The molecule has 3 heteroatoms. The largest absolute Gasteiger partial charge is 0.468 e. The van der Waals surface area contributed by atoms with Crippen molar-refractivity contribution in [3.63, 3.8) is 0 Å². The SMILES string of the molecule is COC(=O)[C@H](C(C)C)N1CCCCC1. The number of hydrogen-bond acceptors (Lipinski definition) is 3. The summed E-state index contributed by atoms with van der Waals surface area (Å²) < 4.78 is 4.85. The number of nitrogens with zero attached hydrogens (tertiary/aromatic N) is 1. The van der Waals surface area contributed by atoms with Crippen LogP contribution in [0.25, 0.3) is 0 Å². The third kappa shape index (κ3) is 2.71. The molecule has 1 aliphatic rings. The molecule has 82 valence electrons. The molecule has 0 aromatic carbocycles. The van der Waals surface area contributed by atoms with Gasteiger partial charge in [-0.15, -0.1) is 0 Å². The number of ether oxygens (including phenoxy) is 1. The molecule has 0 spiro atoms. The average Bonchev–Trinajstić information content (AvgIpc) is 2.19. The molecule has 14 heavy (non-hydrogen) atoms. The van der Waals surface area contributed by atoms with Crippen molar-refractivity contribution in [3.05, 3.63) is 0 Å². The van der Waals surface area contributed by atoms with E-state index in [-0.39, 0.29) is 12.0 Å². The van der Waals surface area contributed by atoms with Gasteiger partial charge in [-0.1, -0.05) is 20.3 Å². The van der Waals surface area contributed by atoms with Crippen LogP contribution >= 0.6 is 0 Å². The lowest BCUT2D eigenvalue weighted by atomic mass is 9.99. The van der Waals surface area contributed by atoms with Gasteiger partial charge in [0.2, 0.25) is 0 Å².